The third kappa shape index (κ3) is 3.08. The van der Waals surface area contributed by atoms with E-state index < -0.39 is 0 Å². The van der Waals surface area contributed by atoms with E-state index in [4.69, 9.17) is 0 Å². The van der Waals surface area contributed by atoms with E-state index in [0.717, 1.165) is 18.4 Å². The number of rotatable bonds is 5. The maximum Gasteiger partial charge on any atom is 0.0815 e. The van der Waals surface area contributed by atoms with E-state index in [0.29, 0.717) is 11.8 Å². The van der Waals surface area contributed by atoms with Gasteiger partial charge in [-0.25, -0.2) is 0 Å². The van der Waals surface area contributed by atoms with Gasteiger partial charge in [-0.2, -0.15) is 0 Å². The van der Waals surface area contributed by atoms with Crippen molar-refractivity contribution in [2.45, 2.75) is 52.6 Å². The van der Waals surface area contributed by atoms with Crippen molar-refractivity contribution >= 4 is 0 Å². The van der Waals surface area contributed by atoms with Crippen LogP contribution in [0.3, 0.4) is 0 Å². The largest absolute Gasteiger partial charge is 0.388 e. The topological polar surface area (TPSA) is 20.2 Å². The Balaban J connectivity index is 2.78. The van der Waals surface area contributed by atoms with E-state index in [1.165, 1.54) is 5.56 Å². The molecular weight excluding hydrogens is 196 g/mol. The normalized spacial score (nSPS) is 16.8. The quantitative estimate of drug-likeness (QED) is 0.785. The van der Waals surface area contributed by atoms with Gasteiger partial charge in [0.1, 0.15) is 0 Å². The lowest BCUT2D eigenvalue weighted by atomic mass is 9.92. The Kier molecular flexibility index (Phi) is 5.01. The minimum atomic E-state index is -0.323. The van der Waals surface area contributed by atoms with Crippen LogP contribution in [0.2, 0.25) is 0 Å². The molecule has 0 aliphatic rings. The molecule has 0 fully saturated rings. The average Bonchev–Trinajstić information content (AvgIpc) is 2.36. The fourth-order valence-corrected chi connectivity index (χ4v) is 1.81. The minimum Gasteiger partial charge on any atom is -0.388 e. The van der Waals surface area contributed by atoms with E-state index in [1.807, 2.05) is 0 Å². The summed E-state index contributed by atoms with van der Waals surface area (Å²) in [5, 5.41) is 10.1. The Morgan fingerprint density at radius 2 is 1.44 bits per heavy atom. The molecule has 1 nitrogen and oxygen atoms in total. The molecule has 0 saturated carbocycles. The first-order valence-corrected chi connectivity index (χ1v) is 6.38. The second-order valence-corrected chi connectivity index (χ2v) is 4.81. The highest BCUT2D eigenvalue weighted by Gasteiger charge is 2.14. The van der Waals surface area contributed by atoms with Crippen molar-refractivity contribution in [1.29, 1.82) is 0 Å². The van der Waals surface area contributed by atoms with Crippen molar-refractivity contribution < 1.29 is 5.11 Å². The summed E-state index contributed by atoms with van der Waals surface area (Å²) < 4.78 is 0. The van der Waals surface area contributed by atoms with Crippen molar-refractivity contribution in [1.82, 2.24) is 0 Å². The van der Waals surface area contributed by atoms with Crippen LogP contribution in [0.5, 0.6) is 0 Å². The lowest BCUT2D eigenvalue weighted by molar-refractivity contribution is 0.115. The molecule has 3 unspecified atom stereocenters. The third-order valence-electron chi connectivity index (χ3n) is 3.64. The molecule has 0 aliphatic carbocycles. The first kappa shape index (κ1) is 13.2. The van der Waals surface area contributed by atoms with Gasteiger partial charge in [0, 0.05) is 0 Å². The highest BCUT2D eigenvalue weighted by atomic mass is 16.3. The first-order valence-electron chi connectivity index (χ1n) is 6.38. The zero-order valence-electron chi connectivity index (χ0n) is 10.9. The monoisotopic (exact) mass is 220 g/mol. The Bertz CT molecular complexity index is 302. The Morgan fingerprint density at radius 3 is 1.88 bits per heavy atom. The molecule has 1 rings (SSSR count). The standard InChI is InChI=1S/C15H24O/c1-5-11(3)13-7-9-14(10-8-13)15(16)12(4)6-2/h7-12,15-16H,5-6H2,1-4H3. The first-order chi connectivity index (χ1) is 7.60. The summed E-state index contributed by atoms with van der Waals surface area (Å²) >= 11 is 0. The van der Waals surface area contributed by atoms with Crippen LogP contribution < -0.4 is 0 Å². The molecule has 1 aromatic rings. The van der Waals surface area contributed by atoms with Crippen LogP contribution in [-0.2, 0) is 0 Å². The zero-order chi connectivity index (χ0) is 12.1. The van der Waals surface area contributed by atoms with Crippen molar-refractivity contribution in [3.05, 3.63) is 35.4 Å². The van der Waals surface area contributed by atoms with Crippen molar-refractivity contribution in [2.24, 2.45) is 5.92 Å². The Hall–Kier alpha value is -0.820. The molecule has 0 saturated heterocycles. The summed E-state index contributed by atoms with van der Waals surface area (Å²) in [6, 6.07) is 8.43. The van der Waals surface area contributed by atoms with Gasteiger partial charge in [-0.1, -0.05) is 58.4 Å². The molecule has 1 N–H and O–H groups in total. The number of benzene rings is 1. The maximum atomic E-state index is 10.1. The van der Waals surface area contributed by atoms with E-state index in [9.17, 15) is 5.11 Å². The Morgan fingerprint density at radius 1 is 0.938 bits per heavy atom. The maximum absolute atomic E-state index is 10.1. The number of aliphatic hydroxyl groups is 1. The van der Waals surface area contributed by atoms with E-state index in [-0.39, 0.29) is 6.10 Å². The lowest BCUT2D eigenvalue weighted by Crippen LogP contribution is -2.08. The van der Waals surface area contributed by atoms with Crippen molar-refractivity contribution in [3.8, 4) is 0 Å². The molecule has 3 atom stereocenters. The minimum absolute atomic E-state index is 0.323. The average molecular weight is 220 g/mol. The predicted molar refractivity (Wildman–Crippen MR) is 69.6 cm³/mol. The molecule has 16 heavy (non-hydrogen) atoms. The van der Waals surface area contributed by atoms with Crippen molar-refractivity contribution in [3.63, 3.8) is 0 Å². The fraction of sp³-hybridized carbons (Fsp3) is 0.600. The van der Waals surface area contributed by atoms with Crippen LogP contribution in [-0.4, -0.2) is 5.11 Å². The molecule has 90 valence electrons. The van der Waals surface area contributed by atoms with E-state index in [2.05, 4.69) is 52.0 Å². The van der Waals surface area contributed by atoms with Crippen LogP contribution in [0.1, 0.15) is 63.7 Å². The lowest BCUT2D eigenvalue weighted by Gasteiger charge is -2.18. The second kappa shape index (κ2) is 6.05. The third-order valence-corrected chi connectivity index (χ3v) is 3.64. The molecular formula is C15H24O. The SMILES string of the molecule is CCC(C)c1ccc(C(O)C(C)CC)cc1. The van der Waals surface area contributed by atoms with Gasteiger partial charge < -0.3 is 5.11 Å². The molecule has 0 heterocycles. The molecule has 0 aromatic heterocycles. The second-order valence-electron chi connectivity index (χ2n) is 4.81. The van der Waals surface area contributed by atoms with Gasteiger partial charge in [-0.15, -0.1) is 0 Å². The van der Waals surface area contributed by atoms with Crippen molar-refractivity contribution in [2.75, 3.05) is 0 Å². The molecule has 0 amide bonds. The molecule has 1 heteroatoms. The van der Waals surface area contributed by atoms with E-state index in [1.54, 1.807) is 0 Å². The summed E-state index contributed by atoms with van der Waals surface area (Å²) in [6.45, 7) is 8.64. The molecule has 0 spiro atoms. The summed E-state index contributed by atoms with van der Waals surface area (Å²) in [5.74, 6) is 0.934. The van der Waals surface area contributed by atoms with Gasteiger partial charge in [0.25, 0.3) is 0 Å². The number of aliphatic hydroxyl groups excluding tert-OH is 1. The van der Waals surface area contributed by atoms with Crippen LogP contribution in [0, 0.1) is 5.92 Å². The van der Waals surface area contributed by atoms with Crippen LogP contribution >= 0.6 is 0 Å². The summed E-state index contributed by atoms with van der Waals surface area (Å²) in [5.41, 5.74) is 2.41. The van der Waals surface area contributed by atoms with Crippen LogP contribution in [0.25, 0.3) is 0 Å². The zero-order valence-corrected chi connectivity index (χ0v) is 10.9. The predicted octanol–water partition coefficient (Wildman–Crippen LogP) is 4.28. The molecule has 0 radical (unpaired) electrons. The summed E-state index contributed by atoms with van der Waals surface area (Å²) in [6.07, 6.45) is 1.85. The smallest absolute Gasteiger partial charge is 0.0815 e. The molecule has 0 bridgehead atoms. The van der Waals surface area contributed by atoms with Gasteiger partial charge in [0.2, 0.25) is 0 Å². The van der Waals surface area contributed by atoms with Crippen LogP contribution in [0.4, 0.5) is 0 Å². The molecule has 0 aliphatic heterocycles. The van der Waals surface area contributed by atoms with Gasteiger partial charge in [0.15, 0.2) is 0 Å². The number of hydrogen-bond acceptors (Lipinski definition) is 1. The summed E-state index contributed by atoms with van der Waals surface area (Å²) in [4.78, 5) is 0. The number of hydrogen-bond donors (Lipinski definition) is 1. The highest BCUT2D eigenvalue weighted by molar-refractivity contribution is 5.26. The van der Waals surface area contributed by atoms with Gasteiger partial charge in [-0.05, 0) is 29.4 Å². The molecule has 1 aromatic carbocycles. The van der Waals surface area contributed by atoms with Gasteiger partial charge in [0.05, 0.1) is 6.10 Å². The Labute approximate surface area is 99.5 Å². The van der Waals surface area contributed by atoms with Gasteiger partial charge in [-0.3, -0.25) is 0 Å². The highest BCUT2D eigenvalue weighted by Crippen LogP contribution is 2.26. The van der Waals surface area contributed by atoms with E-state index >= 15 is 0 Å². The fourth-order valence-electron chi connectivity index (χ4n) is 1.81. The van der Waals surface area contributed by atoms with Gasteiger partial charge >= 0.3 is 0 Å². The van der Waals surface area contributed by atoms with Crippen LogP contribution in [0.15, 0.2) is 24.3 Å². The summed E-state index contributed by atoms with van der Waals surface area (Å²) in [7, 11) is 0.